The van der Waals surface area contributed by atoms with E-state index in [9.17, 15) is 4.79 Å². The Kier molecular flexibility index (Phi) is 2.45. The molecule has 2 aromatic heterocycles. The molecule has 0 fully saturated rings. The molecule has 5 nitrogen and oxygen atoms in total. The summed E-state index contributed by atoms with van der Waals surface area (Å²) in [7, 11) is 0. The number of carbonyl (C=O) groups excluding carboxylic acids is 1. The highest BCUT2D eigenvalue weighted by molar-refractivity contribution is 6.05. The maximum Gasteiger partial charge on any atom is 0.233 e. The minimum Gasteiger partial charge on any atom is -0.285 e. The maximum absolute atomic E-state index is 11.8. The summed E-state index contributed by atoms with van der Waals surface area (Å²) in [6, 6.07) is 0. The molecule has 0 bridgehead atoms. The molecule has 74 valence electrons. The van der Waals surface area contributed by atoms with Crippen molar-refractivity contribution in [3.8, 4) is 0 Å². The fourth-order valence-corrected chi connectivity index (χ4v) is 1.06. The molecule has 2 aromatic rings. The molecule has 5 heteroatoms. The van der Waals surface area contributed by atoms with Gasteiger partial charge in [0.2, 0.25) is 11.6 Å². The van der Waals surface area contributed by atoms with Gasteiger partial charge in [-0.1, -0.05) is 0 Å². The van der Waals surface area contributed by atoms with Crippen molar-refractivity contribution in [2.75, 3.05) is 0 Å². The van der Waals surface area contributed by atoms with Crippen LogP contribution in [0.25, 0.3) is 0 Å². The monoisotopic (exact) mass is 200 g/mol. The van der Waals surface area contributed by atoms with Gasteiger partial charge in [-0.15, -0.1) is 0 Å². The van der Waals surface area contributed by atoms with Gasteiger partial charge in [0.05, 0.1) is 5.56 Å². The number of rotatable bonds is 2. The molecule has 0 saturated carbocycles. The van der Waals surface area contributed by atoms with Crippen molar-refractivity contribution < 1.29 is 4.79 Å². The van der Waals surface area contributed by atoms with Crippen molar-refractivity contribution in [1.29, 1.82) is 0 Å². The van der Waals surface area contributed by atoms with Crippen LogP contribution in [-0.2, 0) is 0 Å². The van der Waals surface area contributed by atoms with Crippen LogP contribution in [0.15, 0.2) is 31.1 Å². The molecule has 0 aliphatic rings. The zero-order chi connectivity index (χ0) is 10.7. The molecular formula is C10H8N4O. The van der Waals surface area contributed by atoms with Gasteiger partial charge in [0.15, 0.2) is 0 Å². The summed E-state index contributed by atoms with van der Waals surface area (Å²) in [5.74, 6) is -0.106. The largest absolute Gasteiger partial charge is 0.285 e. The molecule has 0 N–H and O–H groups in total. The second-order valence-electron chi connectivity index (χ2n) is 3.04. The zero-order valence-corrected chi connectivity index (χ0v) is 8.08. The molecule has 0 saturated heterocycles. The minimum absolute atomic E-state index is 0.162. The lowest BCUT2D eigenvalue weighted by Crippen LogP contribution is -2.07. The molecule has 0 aliphatic carbocycles. The fourth-order valence-electron chi connectivity index (χ4n) is 1.06. The van der Waals surface area contributed by atoms with Gasteiger partial charge in [-0.25, -0.2) is 19.9 Å². The third-order valence-electron chi connectivity index (χ3n) is 1.81. The summed E-state index contributed by atoms with van der Waals surface area (Å²) in [6.07, 6.45) is 7.46. The van der Waals surface area contributed by atoms with Gasteiger partial charge in [0.1, 0.15) is 6.33 Å². The van der Waals surface area contributed by atoms with Crippen LogP contribution in [0.5, 0.6) is 0 Å². The van der Waals surface area contributed by atoms with Crippen molar-refractivity contribution in [2.45, 2.75) is 6.92 Å². The number of aromatic nitrogens is 4. The van der Waals surface area contributed by atoms with E-state index in [1.807, 2.05) is 6.92 Å². The number of aryl methyl sites for hydroxylation is 1. The van der Waals surface area contributed by atoms with Crippen LogP contribution in [-0.4, -0.2) is 25.7 Å². The van der Waals surface area contributed by atoms with E-state index in [2.05, 4.69) is 19.9 Å². The zero-order valence-electron chi connectivity index (χ0n) is 8.08. The summed E-state index contributed by atoms with van der Waals surface area (Å²) in [4.78, 5) is 27.2. The van der Waals surface area contributed by atoms with E-state index < -0.39 is 0 Å². The van der Waals surface area contributed by atoms with Gasteiger partial charge in [0.25, 0.3) is 0 Å². The van der Waals surface area contributed by atoms with Gasteiger partial charge >= 0.3 is 0 Å². The second kappa shape index (κ2) is 3.91. The Morgan fingerprint density at radius 2 is 1.67 bits per heavy atom. The molecule has 0 aliphatic heterocycles. The first-order valence-electron chi connectivity index (χ1n) is 4.36. The molecule has 15 heavy (non-hydrogen) atoms. The van der Waals surface area contributed by atoms with E-state index in [-0.39, 0.29) is 11.6 Å². The smallest absolute Gasteiger partial charge is 0.233 e. The Bertz CT molecular complexity index is 467. The molecule has 0 unspecified atom stereocenters. The van der Waals surface area contributed by atoms with Gasteiger partial charge < -0.3 is 0 Å². The first-order chi connectivity index (χ1) is 7.27. The van der Waals surface area contributed by atoms with Crippen molar-refractivity contribution in [3.63, 3.8) is 0 Å². The van der Waals surface area contributed by atoms with E-state index in [0.717, 1.165) is 5.56 Å². The third kappa shape index (κ3) is 2.01. The first kappa shape index (κ1) is 9.39. The summed E-state index contributed by atoms with van der Waals surface area (Å²) < 4.78 is 0. The van der Waals surface area contributed by atoms with Gasteiger partial charge in [-0.2, -0.15) is 0 Å². The standard InChI is InChI=1S/C10H8N4O/c1-7-2-13-10(14-3-7)9(15)8-4-11-6-12-5-8/h2-6H,1H3. The number of carbonyl (C=O) groups is 1. The Morgan fingerprint density at radius 1 is 1.07 bits per heavy atom. The van der Waals surface area contributed by atoms with Crippen molar-refractivity contribution in [1.82, 2.24) is 19.9 Å². The van der Waals surface area contributed by atoms with E-state index in [1.54, 1.807) is 12.4 Å². The first-order valence-corrected chi connectivity index (χ1v) is 4.36. The lowest BCUT2D eigenvalue weighted by molar-refractivity contribution is 0.102. The molecule has 2 heterocycles. The van der Waals surface area contributed by atoms with Crippen molar-refractivity contribution in [2.24, 2.45) is 0 Å². The van der Waals surface area contributed by atoms with Crippen LogP contribution in [0.3, 0.4) is 0 Å². The van der Waals surface area contributed by atoms with E-state index >= 15 is 0 Å². The molecule has 0 radical (unpaired) electrons. The van der Waals surface area contributed by atoms with Crippen LogP contribution in [0.2, 0.25) is 0 Å². The SMILES string of the molecule is Cc1cnc(C(=O)c2cncnc2)nc1. The van der Waals surface area contributed by atoms with Crippen molar-refractivity contribution in [3.05, 3.63) is 48.1 Å². The Hall–Kier alpha value is -2.17. The predicted octanol–water partition coefficient (Wildman–Crippen LogP) is 0.806. The van der Waals surface area contributed by atoms with Crippen LogP contribution in [0.4, 0.5) is 0 Å². The number of hydrogen-bond acceptors (Lipinski definition) is 5. The topological polar surface area (TPSA) is 68.6 Å². The quantitative estimate of drug-likeness (QED) is 0.671. The summed E-state index contributed by atoms with van der Waals surface area (Å²) in [5, 5.41) is 0. The normalized spacial score (nSPS) is 9.93. The van der Waals surface area contributed by atoms with E-state index in [1.165, 1.54) is 18.7 Å². The third-order valence-corrected chi connectivity index (χ3v) is 1.81. The summed E-state index contributed by atoms with van der Waals surface area (Å²) >= 11 is 0. The molecule has 0 aromatic carbocycles. The highest BCUT2D eigenvalue weighted by Crippen LogP contribution is 2.02. The molecular weight excluding hydrogens is 192 g/mol. The Morgan fingerprint density at radius 3 is 2.27 bits per heavy atom. The van der Waals surface area contributed by atoms with Crippen LogP contribution >= 0.6 is 0 Å². The van der Waals surface area contributed by atoms with Gasteiger partial charge in [-0.05, 0) is 12.5 Å². The minimum atomic E-state index is -0.268. The molecule has 2 rings (SSSR count). The Balaban J connectivity index is 2.33. The van der Waals surface area contributed by atoms with E-state index in [4.69, 9.17) is 0 Å². The summed E-state index contributed by atoms with van der Waals surface area (Å²) in [5.41, 5.74) is 1.30. The average Bonchev–Trinajstić information content (AvgIpc) is 2.30. The molecule has 0 atom stereocenters. The van der Waals surface area contributed by atoms with Gasteiger partial charge in [0, 0.05) is 24.8 Å². The Labute approximate surface area is 86.3 Å². The lowest BCUT2D eigenvalue weighted by atomic mass is 10.2. The van der Waals surface area contributed by atoms with Crippen LogP contribution in [0.1, 0.15) is 21.7 Å². The van der Waals surface area contributed by atoms with E-state index in [0.29, 0.717) is 5.56 Å². The lowest BCUT2D eigenvalue weighted by Gasteiger charge is -1.98. The van der Waals surface area contributed by atoms with Crippen LogP contribution in [0, 0.1) is 6.92 Å². The number of ketones is 1. The number of hydrogen-bond donors (Lipinski definition) is 0. The van der Waals surface area contributed by atoms with Crippen LogP contribution < -0.4 is 0 Å². The molecule has 0 amide bonds. The summed E-state index contributed by atoms with van der Waals surface area (Å²) in [6.45, 7) is 1.86. The van der Waals surface area contributed by atoms with Crippen molar-refractivity contribution >= 4 is 5.78 Å². The average molecular weight is 200 g/mol. The maximum atomic E-state index is 11.8. The number of nitrogens with zero attached hydrogens (tertiary/aromatic N) is 4. The van der Waals surface area contributed by atoms with Gasteiger partial charge in [-0.3, -0.25) is 4.79 Å². The predicted molar refractivity (Wildman–Crippen MR) is 52.2 cm³/mol. The highest BCUT2D eigenvalue weighted by atomic mass is 16.1. The second-order valence-corrected chi connectivity index (χ2v) is 3.04. The highest BCUT2D eigenvalue weighted by Gasteiger charge is 2.11. The fraction of sp³-hybridized carbons (Fsp3) is 0.100. The molecule has 0 spiro atoms.